The van der Waals surface area contributed by atoms with Crippen molar-refractivity contribution in [3.8, 4) is 0 Å². The Labute approximate surface area is 146 Å². The van der Waals surface area contributed by atoms with Gasteiger partial charge in [-0.25, -0.2) is 4.98 Å². The van der Waals surface area contributed by atoms with Gasteiger partial charge in [0.05, 0.1) is 11.1 Å². The largest absolute Gasteiger partial charge is 0.353 e. The van der Waals surface area contributed by atoms with E-state index in [1.807, 2.05) is 29.2 Å². The minimum Gasteiger partial charge on any atom is -0.353 e. The number of piperazine rings is 1. The standard InChI is InChI=1S/C20H20N4O/c1-15-13-16-5-2-3-7-18(16)22-19(15)23-9-11-24(12-10-23)20(25)17-6-4-8-21-14-17/h2-8,13-14H,9-12H2,1H3. The first-order chi connectivity index (χ1) is 12.2. The van der Waals surface area contributed by atoms with E-state index in [9.17, 15) is 4.79 Å². The van der Waals surface area contributed by atoms with Crippen LogP contribution < -0.4 is 4.90 Å². The molecule has 0 saturated carbocycles. The van der Waals surface area contributed by atoms with Gasteiger partial charge >= 0.3 is 0 Å². The summed E-state index contributed by atoms with van der Waals surface area (Å²) in [7, 11) is 0. The monoisotopic (exact) mass is 332 g/mol. The van der Waals surface area contributed by atoms with Crippen molar-refractivity contribution in [2.24, 2.45) is 0 Å². The van der Waals surface area contributed by atoms with Gasteiger partial charge in [-0.15, -0.1) is 0 Å². The molecule has 0 aliphatic carbocycles. The van der Waals surface area contributed by atoms with Gasteiger partial charge in [0.15, 0.2) is 0 Å². The fourth-order valence-corrected chi connectivity index (χ4v) is 3.32. The van der Waals surface area contributed by atoms with Crippen molar-refractivity contribution in [2.75, 3.05) is 31.1 Å². The second-order valence-electron chi connectivity index (χ2n) is 6.34. The lowest BCUT2D eigenvalue weighted by atomic mass is 10.1. The zero-order chi connectivity index (χ0) is 17.2. The first kappa shape index (κ1) is 15.6. The quantitative estimate of drug-likeness (QED) is 0.724. The molecule has 0 spiro atoms. The predicted molar refractivity (Wildman–Crippen MR) is 98.8 cm³/mol. The van der Waals surface area contributed by atoms with Gasteiger partial charge in [0, 0.05) is 44.0 Å². The predicted octanol–water partition coefficient (Wildman–Crippen LogP) is 2.90. The summed E-state index contributed by atoms with van der Waals surface area (Å²) in [5.74, 6) is 1.07. The molecule has 1 amide bonds. The molecule has 1 fully saturated rings. The van der Waals surface area contributed by atoms with Crippen LogP contribution in [0.25, 0.3) is 10.9 Å². The average molecular weight is 332 g/mol. The van der Waals surface area contributed by atoms with E-state index in [1.54, 1.807) is 18.5 Å². The van der Waals surface area contributed by atoms with Crippen LogP contribution in [0.3, 0.4) is 0 Å². The summed E-state index contributed by atoms with van der Waals surface area (Å²) < 4.78 is 0. The van der Waals surface area contributed by atoms with Crippen LogP contribution in [0, 0.1) is 6.92 Å². The number of para-hydroxylation sites is 1. The van der Waals surface area contributed by atoms with Gasteiger partial charge in [0.2, 0.25) is 0 Å². The zero-order valence-corrected chi connectivity index (χ0v) is 14.2. The van der Waals surface area contributed by atoms with E-state index in [0.717, 1.165) is 29.8 Å². The van der Waals surface area contributed by atoms with Crippen LogP contribution >= 0.6 is 0 Å². The highest BCUT2D eigenvalue weighted by atomic mass is 16.2. The molecule has 5 heteroatoms. The summed E-state index contributed by atoms with van der Waals surface area (Å²) in [5, 5.41) is 1.16. The van der Waals surface area contributed by atoms with E-state index in [0.29, 0.717) is 18.7 Å². The maximum Gasteiger partial charge on any atom is 0.255 e. The fourth-order valence-electron chi connectivity index (χ4n) is 3.32. The molecule has 1 aliphatic heterocycles. The Morgan fingerprint density at radius 1 is 1.04 bits per heavy atom. The van der Waals surface area contributed by atoms with Gasteiger partial charge in [-0.2, -0.15) is 0 Å². The van der Waals surface area contributed by atoms with Crippen LogP contribution in [0.5, 0.6) is 0 Å². The average Bonchev–Trinajstić information content (AvgIpc) is 2.68. The molecule has 1 aliphatic rings. The summed E-state index contributed by atoms with van der Waals surface area (Å²) in [6.07, 6.45) is 3.31. The fraction of sp³-hybridized carbons (Fsp3) is 0.250. The maximum absolute atomic E-state index is 12.5. The Hall–Kier alpha value is -2.95. The molecule has 0 radical (unpaired) electrons. The minimum atomic E-state index is 0.0518. The van der Waals surface area contributed by atoms with Gasteiger partial charge in [-0.3, -0.25) is 9.78 Å². The number of hydrogen-bond donors (Lipinski definition) is 0. The molecule has 4 rings (SSSR count). The summed E-state index contributed by atoms with van der Waals surface area (Å²) in [4.78, 5) is 25.6. The van der Waals surface area contributed by atoms with E-state index in [4.69, 9.17) is 4.98 Å². The number of rotatable bonds is 2. The third-order valence-corrected chi connectivity index (χ3v) is 4.66. The van der Waals surface area contributed by atoms with Crippen molar-refractivity contribution < 1.29 is 4.79 Å². The molecule has 0 N–H and O–H groups in total. The number of pyridine rings is 2. The molecule has 3 heterocycles. The molecule has 2 aromatic heterocycles. The number of anilines is 1. The maximum atomic E-state index is 12.5. The number of amides is 1. The highest BCUT2D eigenvalue weighted by Crippen LogP contribution is 2.24. The molecule has 1 aromatic carbocycles. The highest BCUT2D eigenvalue weighted by molar-refractivity contribution is 5.94. The Morgan fingerprint density at radius 2 is 1.84 bits per heavy atom. The molecule has 0 unspecified atom stereocenters. The first-order valence-corrected chi connectivity index (χ1v) is 8.53. The molecule has 0 bridgehead atoms. The number of nitrogens with zero attached hydrogens (tertiary/aromatic N) is 4. The molecule has 5 nitrogen and oxygen atoms in total. The van der Waals surface area contributed by atoms with Gasteiger partial charge in [0.1, 0.15) is 5.82 Å². The lowest BCUT2D eigenvalue weighted by Gasteiger charge is -2.36. The van der Waals surface area contributed by atoms with Gasteiger partial charge in [0.25, 0.3) is 5.91 Å². The molecule has 0 atom stereocenters. The van der Waals surface area contributed by atoms with Crippen LogP contribution in [0.2, 0.25) is 0 Å². The number of carbonyl (C=O) groups excluding carboxylic acids is 1. The van der Waals surface area contributed by atoms with Crippen LogP contribution in [-0.2, 0) is 0 Å². The first-order valence-electron chi connectivity index (χ1n) is 8.53. The minimum absolute atomic E-state index is 0.0518. The van der Waals surface area contributed by atoms with E-state index < -0.39 is 0 Å². The van der Waals surface area contributed by atoms with Gasteiger partial charge < -0.3 is 9.80 Å². The van der Waals surface area contributed by atoms with Crippen molar-refractivity contribution in [2.45, 2.75) is 6.92 Å². The topological polar surface area (TPSA) is 49.3 Å². The highest BCUT2D eigenvalue weighted by Gasteiger charge is 2.23. The molecule has 25 heavy (non-hydrogen) atoms. The van der Waals surface area contributed by atoms with Gasteiger partial charge in [-0.1, -0.05) is 18.2 Å². The third-order valence-electron chi connectivity index (χ3n) is 4.66. The lowest BCUT2D eigenvalue weighted by molar-refractivity contribution is 0.0746. The van der Waals surface area contributed by atoms with Crippen molar-refractivity contribution in [3.63, 3.8) is 0 Å². The molecule has 1 saturated heterocycles. The van der Waals surface area contributed by atoms with Crippen LogP contribution in [0.1, 0.15) is 15.9 Å². The number of aryl methyl sites for hydroxylation is 1. The third kappa shape index (κ3) is 3.05. The second-order valence-corrected chi connectivity index (χ2v) is 6.34. The summed E-state index contributed by atoms with van der Waals surface area (Å²) in [6.45, 7) is 5.07. The van der Waals surface area contributed by atoms with Gasteiger partial charge in [-0.05, 0) is 36.8 Å². The number of aromatic nitrogens is 2. The van der Waals surface area contributed by atoms with E-state index in [2.05, 4.69) is 28.9 Å². The van der Waals surface area contributed by atoms with E-state index in [-0.39, 0.29) is 5.91 Å². The smallest absolute Gasteiger partial charge is 0.255 e. The van der Waals surface area contributed by atoms with Crippen molar-refractivity contribution >= 4 is 22.6 Å². The molecular weight excluding hydrogens is 312 g/mol. The Kier molecular flexibility index (Phi) is 4.06. The normalized spacial score (nSPS) is 14.8. The van der Waals surface area contributed by atoms with Crippen LogP contribution in [0.15, 0.2) is 54.9 Å². The molecular formula is C20H20N4O. The summed E-state index contributed by atoms with van der Waals surface area (Å²) >= 11 is 0. The molecule has 126 valence electrons. The number of benzene rings is 1. The van der Waals surface area contributed by atoms with E-state index >= 15 is 0 Å². The van der Waals surface area contributed by atoms with Crippen molar-refractivity contribution in [3.05, 3.63) is 66.0 Å². The lowest BCUT2D eigenvalue weighted by Crippen LogP contribution is -2.49. The van der Waals surface area contributed by atoms with Crippen LogP contribution in [0.4, 0.5) is 5.82 Å². The summed E-state index contributed by atoms with van der Waals surface area (Å²) in [6, 6.07) is 14.0. The van der Waals surface area contributed by atoms with Crippen LogP contribution in [-0.4, -0.2) is 47.0 Å². The summed E-state index contributed by atoms with van der Waals surface area (Å²) in [5.41, 5.74) is 2.83. The Morgan fingerprint density at radius 3 is 2.60 bits per heavy atom. The second kappa shape index (κ2) is 6.51. The Bertz CT molecular complexity index is 902. The number of carbonyl (C=O) groups is 1. The SMILES string of the molecule is Cc1cc2ccccc2nc1N1CCN(C(=O)c2cccnc2)CC1. The number of fused-ring (bicyclic) bond motifs is 1. The van der Waals surface area contributed by atoms with E-state index in [1.165, 1.54) is 5.56 Å². The molecule has 3 aromatic rings. The number of hydrogen-bond acceptors (Lipinski definition) is 4. The van der Waals surface area contributed by atoms with Crippen molar-refractivity contribution in [1.82, 2.24) is 14.9 Å². The Balaban J connectivity index is 1.50. The zero-order valence-electron chi connectivity index (χ0n) is 14.2. The van der Waals surface area contributed by atoms with Crippen molar-refractivity contribution in [1.29, 1.82) is 0 Å².